The molecule has 35 heavy (non-hydrogen) atoms. The van der Waals surface area contributed by atoms with Gasteiger partial charge in [0.15, 0.2) is 23.1 Å². The average Bonchev–Trinajstić information content (AvgIpc) is 3.21. The summed E-state index contributed by atoms with van der Waals surface area (Å²) >= 11 is 1.65. The van der Waals surface area contributed by atoms with Crippen molar-refractivity contribution < 1.29 is 40.4 Å². The molecule has 1 unspecified atom stereocenters. The number of amides is 1. The zero-order valence-electron chi connectivity index (χ0n) is 17.8. The van der Waals surface area contributed by atoms with Crippen molar-refractivity contribution in [1.82, 2.24) is 4.90 Å². The molecule has 0 aliphatic carbocycles. The van der Waals surface area contributed by atoms with Gasteiger partial charge in [0.25, 0.3) is 5.60 Å². The molecular formula is C23H17F7N2O2S. The predicted molar refractivity (Wildman–Crippen MR) is 113 cm³/mol. The van der Waals surface area contributed by atoms with Crippen LogP contribution in [0.3, 0.4) is 0 Å². The molecule has 0 radical (unpaired) electrons. The molecule has 2 aromatic rings. The average molecular weight is 518 g/mol. The number of hydrogen-bond donors (Lipinski definition) is 0. The van der Waals surface area contributed by atoms with Gasteiger partial charge >= 0.3 is 6.18 Å². The molecule has 3 heterocycles. The van der Waals surface area contributed by atoms with Crippen LogP contribution in [0.15, 0.2) is 41.6 Å². The number of thioether (sulfide) groups is 1. The Balaban J connectivity index is 1.34. The minimum atomic E-state index is -5.14. The van der Waals surface area contributed by atoms with E-state index in [0.29, 0.717) is 0 Å². The fraction of sp³-hybridized carbons (Fsp3) is 0.391. The van der Waals surface area contributed by atoms with Gasteiger partial charge in [0, 0.05) is 23.5 Å². The predicted octanol–water partition coefficient (Wildman–Crippen LogP) is 5.06. The van der Waals surface area contributed by atoms with E-state index in [1.54, 1.807) is 11.8 Å². The van der Waals surface area contributed by atoms with Gasteiger partial charge in [0.1, 0.15) is 0 Å². The Bertz CT molecular complexity index is 1180. The Kier molecular flexibility index (Phi) is 5.57. The zero-order valence-corrected chi connectivity index (χ0v) is 18.7. The molecule has 0 spiro atoms. The van der Waals surface area contributed by atoms with Crippen LogP contribution in [0.1, 0.15) is 23.1 Å². The van der Waals surface area contributed by atoms with Crippen molar-refractivity contribution in [2.45, 2.75) is 23.9 Å². The van der Waals surface area contributed by atoms with Crippen molar-refractivity contribution in [2.75, 3.05) is 24.6 Å². The van der Waals surface area contributed by atoms with Crippen molar-refractivity contribution in [3.05, 3.63) is 70.5 Å². The Morgan fingerprint density at radius 2 is 1.63 bits per heavy atom. The maximum Gasteiger partial charge on any atom is 0.435 e. The lowest BCUT2D eigenvalue weighted by molar-refractivity contribution is -0.276. The van der Waals surface area contributed by atoms with E-state index in [9.17, 15) is 31.1 Å². The number of carbonyl (C=O) groups excluding carboxylic acids is 1. The summed E-state index contributed by atoms with van der Waals surface area (Å²) in [4.78, 5) is 18.4. The van der Waals surface area contributed by atoms with Crippen molar-refractivity contribution >= 4 is 23.4 Å². The van der Waals surface area contributed by atoms with Gasteiger partial charge in [-0.2, -0.15) is 24.9 Å². The van der Waals surface area contributed by atoms with E-state index >= 15 is 4.39 Å². The van der Waals surface area contributed by atoms with E-state index in [-0.39, 0.29) is 53.9 Å². The number of hydrogen-bond acceptors (Lipinski definition) is 4. The second-order valence-electron chi connectivity index (χ2n) is 8.86. The Labute approximate surface area is 199 Å². The number of halogens is 7. The number of alkyl halides is 4. The topological polar surface area (TPSA) is 41.9 Å². The van der Waals surface area contributed by atoms with Gasteiger partial charge in [-0.1, -0.05) is 29.4 Å². The van der Waals surface area contributed by atoms with E-state index in [0.717, 1.165) is 11.5 Å². The van der Waals surface area contributed by atoms with Crippen molar-refractivity contribution in [2.24, 2.45) is 11.1 Å². The lowest BCUT2D eigenvalue weighted by atomic mass is 9.84. The van der Waals surface area contributed by atoms with E-state index in [1.807, 2.05) is 0 Å². The minimum absolute atomic E-state index is 0.0794. The summed E-state index contributed by atoms with van der Waals surface area (Å²) in [6.07, 6.45) is -6.07. The highest BCUT2D eigenvalue weighted by Crippen LogP contribution is 2.49. The maximum absolute atomic E-state index is 15.2. The Morgan fingerprint density at radius 1 is 1.03 bits per heavy atom. The first-order valence-electron chi connectivity index (χ1n) is 10.6. The van der Waals surface area contributed by atoms with Crippen LogP contribution >= 0.6 is 11.8 Å². The molecule has 3 aliphatic rings. The summed E-state index contributed by atoms with van der Waals surface area (Å²) in [6, 6.07) is 5.97. The monoisotopic (exact) mass is 518 g/mol. The van der Waals surface area contributed by atoms with E-state index in [4.69, 9.17) is 4.84 Å². The molecule has 186 valence electrons. The van der Waals surface area contributed by atoms with Gasteiger partial charge in [-0.15, -0.1) is 0 Å². The number of nitrogens with zero attached hydrogens (tertiary/aromatic N) is 2. The van der Waals surface area contributed by atoms with Gasteiger partial charge in [-0.05, 0) is 23.3 Å². The highest BCUT2D eigenvalue weighted by Gasteiger charge is 2.62. The van der Waals surface area contributed by atoms with Crippen LogP contribution in [0.4, 0.5) is 30.7 Å². The van der Waals surface area contributed by atoms with Crippen LogP contribution in [-0.2, 0) is 20.9 Å². The molecule has 5 rings (SSSR count). The first-order chi connectivity index (χ1) is 16.4. The summed E-state index contributed by atoms with van der Waals surface area (Å²) < 4.78 is 97.9. The molecule has 2 fully saturated rings. The number of rotatable bonds is 4. The van der Waals surface area contributed by atoms with Gasteiger partial charge < -0.3 is 9.74 Å². The summed E-state index contributed by atoms with van der Waals surface area (Å²) in [5, 5.41) is 3.49. The van der Waals surface area contributed by atoms with E-state index in [1.165, 1.54) is 29.2 Å². The molecule has 0 bridgehead atoms. The van der Waals surface area contributed by atoms with Gasteiger partial charge in [-0.25, -0.2) is 17.6 Å². The normalized spacial score (nSPS) is 23.9. The number of likely N-dealkylation sites (tertiary alicyclic amines) is 1. The van der Waals surface area contributed by atoms with Crippen LogP contribution in [0.25, 0.3) is 0 Å². The summed E-state index contributed by atoms with van der Waals surface area (Å²) in [6.45, 7) is -0.204. The van der Waals surface area contributed by atoms with Crippen LogP contribution in [0.5, 0.6) is 0 Å². The number of benzene rings is 2. The molecule has 3 aliphatic heterocycles. The van der Waals surface area contributed by atoms with Crippen molar-refractivity contribution in [3.8, 4) is 0 Å². The second-order valence-corrected chi connectivity index (χ2v) is 9.93. The first kappa shape index (κ1) is 24.0. The zero-order chi connectivity index (χ0) is 25.2. The fourth-order valence-corrected chi connectivity index (χ4v) is 5.10. The molecule has 2 saturated heterocycles. The van der Waals surface area contributed by atoms with Crippen LogP contribution in [0, 0.1) is 23.4 Å². The van der Waals surface area contributed by atoms with Crippen LogP contribution in [0.2, 0.25) is 0 Å². The quantitative estimate of drug-likeness (QED) is 0.420. The summed E-state index contributed by atoms with van der Waals surface area (Å²) in [5.74, 6) is -4.19. The van der Waals surface area contributed by atoms with Crippen LogP contribution in [-0.4, -0.2) is 47.3 Å². The second kappa shape index (κ2) is 8.14. The third-order valence-electron chi connectivity index (χ3n) is 6.55. The smallest absolute Gasteiger partial charge is 0.374 e. The minimum Gasteiger partial charge on any atom is -0.374 e. The van der Waals surface area contributed by atoms with Crippen molar-refractivity contribution in [3.63, 3.8) is 0 Å². The fourth-order valence-electron chi connectivity index (χ4n) is 4.34. The molecule has 1 atom stereocenters. The lowest BCUT2D eigenvalue weighted by Gasteiger charge is -2.46. The Morgan fingerprint density at radius 3 is 2.14 bits per heavy atom. The number of oxime groups is 1. The molecule has 0 N–H and O–H groups in total. The molecule has 0 saturated carbocycles. The van der Waals surface area contributed by atoms with E-state index in [2.05, 4.69) is 5.16 Å². The SMILES string of the molecule is O=C(C1CSC1)N1CC(F)(c2ccc(C3=NOC(c4cc(F)c(F)c(F)c4)(C(F)(F)F)C3)cc2)C1. The summed E-state index contributed by atoms with van der Waals surface area (Å²) in [5.41, 5.74) is -5.68. The van der Waals surface area contributed by atoms with Gasteiger partial charge in [0.05, 0.1) is 24.7 Å². The molecule has 0 aromatic heterocycles. The largest absolute Gasteiger partial charge is 0.435 e. The van der Waals surface area contributed by atoms with Gasteiger partial charge in [0.2, 0.25) is 5.91 Å². The summed E-state index contributed by atoms with van der Waals surface area (Å²) in [7, 11) is 0. The maximum atomic E-state index is 15.2. The Hall–Kier alpha value is -2.76. The number of carbonyl (C=O) groups is 1. The highest BCUT2D eigenvalue weighted by atomic mass is 32.2. The third kappa shape index (κ3) is 3.85. The van der Waals surface area contributed by atoms with Crippen molar-refractivity contribution in [1.29, 1.82) is 0 Å². The first-order valence-corrected chi connectivity index (χ1v) is 11.7. The highest BCUT2D eigenvalue weighted by molar-refractivity contribution is 8.00. The molecular weight excluding hydrogens is 501 g/mol. The van der Waals surface area contributed by atoms with Crippen LogP contribution < -0.4 is 0 Å². The lowest BCUT2D eigenvalue weighted by Crippen LogP contribution is -2.61. The molecule has 1 amide bonds. The molecule has 2 aromatic carbocycles. The third-order valence-corrected chi connectivity index (χ3v) is 7.83. The van der Waals surface area contributed by atoms with E-state index < -0.39 is 46.9 Å². The molecule has 12 heteroatoms. The standard InChI is InChI=1S/C23H17F7N2O2S/c24-16-5-15(6-17(25)19(16)26)22(23(28,29)30)7-18(31-34-22)12-1-3-14(4-2-12)21(27)10-32(11-21)20(33)13-8-35-9-13/h1-6,13H,7-11H2. The van der Waals surface area contributed by atoms with Gasteiger partial charge in [-0.3, -0.25) is 4.79 Å². The molecule has 4 nitrogen and oxygen atoms in total.